The summed E-state index contributed by atoms with van der Waals surface area (Å²) in [5.74, 6) is 0. The molecule has 2 nitrogen and oxygen atoms in total. The van der Waals surface area contributed by atoms with Gasteiger partial charge in [-0.1, -0.05) is 92.9 Å². The van der Waals surface area contributed by atoms with Crippen LogP contribution in [0.25, 0.3) is 0 Å². The van der Waals surface area contributed by atoms with Crippen molar-refractivity contribution in [2.75, 3.05) is 14.2 Å². The third kappa shape index (κ3) is 9.38. The number of hydrogen-bond donors (Lipinski definition) is 0. The Morgan fingerprint density at radius 1 is 0.552 bits per heavy atom. The van der Waals surface area contributed by atoms with E-state index in [1.54, 1.807) is 0 Å². The molecule has 0 aliphatic heterocycles. The Labute approximate surface area is 190 Å². The Morgan fingerprint density at radius 2 is 0.828 bits per heavy atom. The summed E-state index contributed by atoms with van der Waals surface area (Å²) in [4.78, 5) is 1.42. The summed E-state index contributed by atoms with van der Waals surface area (Å²) in [5.41, 5.74) is 0. The standard InChI is InChI=1S/C24H54O2SSi2/c1-9-15-19-28(25-7,20-16-10-2)23(13-5)27-24(14-6)29(26-8,21-17-11-3)22-18-12-4/h23-24H,9-22H2,1-8H3. The van der Waals surface area contributed by atoms with Crippen molar-refractivity contribution < 1.29 is 8.85 Å². The van der Waals surface area contributed by atoms with Gasteiger partial charge in [-0.25, -0.2) is 0 Å². The van der Waals surface area contributed by atoms with Gasteiger partial charge in [0.25, 0.3) is 0 Å². The van der Waals surface area contributed by atoms with E-state index in [-0.39, 0.29) is 0 Å². The monoisotopic (exact) mass is 462 g/mol. The first kappa shape index (κ1) is 29.7. The Morgan fingerprint density at radius 3 is 1.00 bits per heavy atom. The van der Waals surface area contributed by atoms with Crippen molar-refractivity contribution in [3.8, 4) is 0 Å². The fourth-order valence-electron chi connectivity index (χ4n) is 4.85. The van der Waals surface area contributed by atoms with E-state index in [0.717, 1.165) is 0 Å². The SMILES string of the molecule is CCCC[Si](CCCC)(OC)C(CC)SC(CC)[Si](CCCC)(CCCC)OC. The Balaban J connectivity index is 5.78. The van der Waals surface area contributed by atoms with Crippen LogP contribution < -0.4 is 0 Å². The second-order valence-electron chi connectivity index (χ2n) is 8.88. The van der Waals surface area contributed by atoms with Gasteiger partial charge in [-0.15, -0.1) is 0 Å². The van der Waals surface area contributed by atoms with E-state index in [1.165, 1.54) is 88.4 Å². The normalized spacial score (nSPS) is 14.9. The lowest BCUT2D eigenvalue weighted by atomic mass is 10.4. The highest BCUT2D eigenvalue weighted by atomic mass is 32.2. The molecule has 0 amide bonds. The molecule has 176 valence electrons. The van der Waals surface area contributed by atoms with Crippen molar-refractivity contribution >= 4 is 28.4 Å². The Kier molecular flexibility index (Phi) is 17.7. The molecule has 5 heteroatoms. The van der Waals surface area contributed by atoms with Crippen LogP contribution in [0.5, 0.6) is 0 Å². The number of hydrogen-bond acceptors (Lipinski definition) is 3. The molecule has 0 saturated carbocycles. The second-order valence-corrected chi connectivity index (χ2v) is 19.6. The number of unbranched alkanes of at least 4 members (excludes halogenated alkanes) is 4. The molecule has 2 atom stereocenters. The summed E-state index contributed by atoms with van der Waals surface area (Å²) in [7, 11) is 0.588. The maximum Gasteiger partial charge on any atom is 0.205 e. The number of thioether (sulfide) groups is 1. The molecule has 0 saturated heterocycles. The van der Waals surface area contributed by atoms with Gasteiger partial charge in [0.15, 0.2) is 0 Å². The largest absolute Gasteiger partial charge is 0.419 e. The van der Waals surface area contributed by atoms with Crippen molar-refractivity contribution in [2.24, 2.45) is 0 Å². The molecule has 0 bridgehead atoms. The first-order valence-electron chi connectivity index (χ1n) is 12.7. The average Bonchev–Trinajstić information content (AvgIpc) is 2.76. The fraction of sp³-hybridized carbons (Fsp3) is 1.00. The van der Waals surface area contributed by atoms with Gasteiger partial charge >= 0.3 is 0 Å². The quantitative estimate of drug-likeness (QED) is 0.168. The van der Waals surface area contributed by atoms with E-state index < -0.39 is 16.6 Å². The molecular weight excluding hydrogens is 409 g/mol. The molecule has 0 aromatic rings. The van der Waals surface area contributed by atoms with E-state index in [1.807, 2.05) is 14.2 Å². The molecule has 0 aromatic carbocycles. The maximum absolute atomic E-state index is 6.54. The minimum Gasteiger partial charge on any atom is -0.419 e. The Bertz CT molecular complexity index is 332. The van der Waals surface area contributed by atoms with Gasteiger partial charge in [-0.3, -0.25) is 0 Å². The van der Waals surface area contributed by atoms with Gasteiger partial charge in [-0.2, -0.15) is 11.8 Å². The summed E-state index contributed by atoms with van der Waals surface area (Å²) in [6, 6.07) is 5.36. The summed E-state index contributed by atoms with van der Waals surface area (Å²) < 4.78 is 13.1. The van der Waals surface area contributed by atoms with Crippen LogP contribution in [0.3, 0.4) is 0 Å². The minimum absolute atomic E-state index is 0.709. The van der Waals surface area contributed by atoms with Crippen LogP contribution in [0.15, 0.2) is 0 Å². The van der Waals surface area contributed by atoms with Crippen LogP contribution in [0.2, 0.25) is 24.2 Å². The zero-order valence-corrected chi connectivity index (χ0v) is 24.1. The van der Waals surface area contributed by atoms with E-state index in [2.05, 4.69) is 53.3 Å². The maximum atomic E-state index is 6.54. The smallest absolute Gasteiger partial charge is 0.205 e. The van der Waals surface area contributed by atoms with Crippen LogP contribution in [0.1, 0.15) is 106 Å². The molecule has 0 fully saturated rings. The van der Waals surface area contributed by atoms with Crippen LogP contribution >= 0.6 is 11.8 Å². The summed E-state index contributed by atoms with van der Waals surface area (Å²) in [5, 5.41) is 0. The van der Waals surface area contributed by atoms with Crippen molar-refractivity contribution in [1.82, 2.24) is 0 Å². The zero-order valence-electron chi connectivity index (χ0n) is 21.3. The zero-order chi connectivity index (χ0) is 22.2. The fourth-order valence-corrected chi connectivity index (χ4v) is 19.4. The molecule has 0 aliphatic rings. The van der Waals surface area contributed by atoms with Gasteiger partial charge < -0.3 is 8.85 Å². The highest BCUT2D eigenvalue weighted by Crippen LogP contribution is 2.43. The van der Waals surface area contributed by atoms with Crippen molar-refractivity contribution in [2.45, 2.75) is 140 Å². The van der Waals surface area contributed by atoms with Crippen molar-refractivity contribution in [3.05, 3.63) is 0 Å². The molecule has 0 aromatic heterocycles. The molecule has 0 N–H and O–H groups in total. The molecule has 29 heavy (non-hydrogen) atoms. The highest BCUT2D eigenvalue weighted by Gasteiger charge is 2.47. The van der Waals surface area contributed by atoms with E-state index in [0.29, 0.717) is 9.75 Å². The lowest BCUT2D eigenvalue weighted by molar-refractivity contribution is 0.378. The predicted octanol–water partition coefficient (Wildman–Crippen LogP) is 8.74. The topological polar surface area (TPSA) is 18.5 Å². The average molecular weight is 463 g/mol. The minimum atomic E-state index is -1.74. The third-order valence-electron chi connectivity index (χ3n) is 6.87. The second kappa shape index (κ2) is 17.3. The van der Waals surface area contributed by atoms with Gasteiger partial charge in [-0.05, 0) is 37.0 Å². The van der Waals surface area contributed by atoms with Crippen LogP contribution in [-0.4, -0.2) is 40.6 Å². The molecule has 0 spiro atoms. The summed E-state index contributed by atoms with van der Waals surface area (Å²) in [6.45, 7) is 14.1. The molecular formula is C24H54O2SSi2. The van der Waals surface area contributed by atoms with Gasteiger partial charge in [0.05, 0.1) is 0 Å². The lowest BCUT2D eigenvalue weighted by Crippen LogP contribution is -2.53. The first-order valence-corrected chi connectivity index (χ1v) is 18.5. The molecule has 0 radical (unpaired) electrons. The Hall–Kier alpha value is 0.704. The summed E-state index contributed by atoms with van der Waals surface area (Å²) >= 11 is 2.33. The number of rotatable bonds is 20. The lowest BCUT2D eigenvalue weighted by Gasteiger charge is -2.43. The highest BCUT2D eigenvalue weighted by molar-refractivity contribution is 8.03. The molecule has 0 aliphatic carbocycles. The van der Waals surface area contributed by atoms with E-state index >= 15 is 0 Å². The van der Waals surface area contributed by atoms with Crippen LogP contribution in [0, 0.1) is 0 Å². The van der Waals surface area contributed by atoms with Gasteiger partial charge in [0.2, 0.25) is 16.6 Å². The van der Waals surface area contributed by atoms with Gasteiger partial charge in [0, 0.05) is 24.0 Å². The van der Waals surface area contributed by atoms with Crippen LogP contribution in [0.4, 0.5) is 0 Å². The van der Waals surface area contributed by atoms with Gasteiger partial charge in [0.1, 0.15) is 0 Å². The summed E-state index contributed by atoms with van der Waals surface area (Å²) in [6.07, 6.45) is 13.0. The van der Waals surface area contributed by atoms with E-state index in [4.69, 9.17) is 8.85 Å². The first-order chi connectivity index (χ1) is 14.0. The molecule has 0 heterocycles. The van der Waals surface area contributed by atoms with E-state index in [9.17, 15) is 0 Å². The van der Waals surface area contributed by atoms with Crippen molar-refractivity contribution in [3.63, 3.8) is 0 Å². The predicted molar refractivity (Wildman–Crippen MR) is 140 cm³/mol. The van der Waals surface area contributed by atoms with Crippen LogP contribution in [-0.2, 0) is 8.85 Å². The van der Waals surface area contributed by atoms with Crippen molar-refractivity contribution in [1.29, 1.82) is 0 Å². The molecule has 2 unspecified atom stereocenters. The molecule has 0 rings (SSSR count). The third-order valence-corrected chi connectivity index (χ3v) is 21.2.